The Morgan fingerprint density at radius 1 is 1.50 bits per heavy atom. The number of hydrazone groups is 1. The second kappa shape index (κ2) is 6.78. The normalized spacial score (nSPS) is 9.72. The van der Waals surface area contributed by atoms with Crippen molar-refractivity contribution in [3.05, 3.63) is 46.8 Å². The van der Waals surface area contributed by atoms with Crippen LogP contribution in [-0.2, 0) is 0 Å². The van der Waals surface area contributed by atoms with E-state index in [1.165, 1.54) is 0 Å². The predicted octanol–water partition coefficient (Wildman–Crippen LogP) is 1.48. The molecule has 18 heavy (non-hydrogen) atoms. The molecule has 0 aliphatic heterocycles. The summed E-state index contributed by atoms with van der Waals surface area (Å²) in [5, 5.41) is 15.3. The van der Waals surface area contributed by atoms with Gasteiger partial charge < -0.3 is 5.32 Å². The highest BCUT2D eigenvalue weighted by Crippen LogP contribution is 2.09. The van der Waals surface area contributed by atoms with Gasteiger partial charge in [0.15, 0.2) is 0 Å². The molecule has 4 heteroatoms. The van der Waals surface area contributed by atoms with Gasteiger partial charge in [-0.25, -0.2) is 0 Å². The van der Waals surface area contributed by atoms with Crippen LogP contribution in [0.4, 0.5) is 0 Å². The van der Waals surface area contributed by atoms with Crippen molar-refractivity contribution in [3.8, 4) is 17.9 Å². The second-order valence-electron chi connectivity index (χ2n) is 3.51. The fourth-order valence-electron chi connectivity index (χ4n) is 1.29. The number of aryl methyl sites for hydroxylation is 1. The minimum atomic E-state index is 0.596. The third-order valence-corrected chi connectivity index (χ3v) is 2.19. The van der Waals surface area contributed by atoms with Gasteiger partial charge in [-0.1, -0.05) is 12.0 Å². The third kappa shape index (κ3) is 3.70. The molecule has 0 saturated carbocycles. The maximum Gasteiger partial charge on any atom is 0.122 e. The van der Waals surface area contributed by atoms with Gasteiger partial charge in [-0.05, 0) is 30.5 Å². The highest BCUT2D eigenvalue weighted by Gasteiger charge is 1.97. The van der Waals surface area contributed by atoms with Crippen LogP contribution in [-0.4, -0.2) is 13.8 Å². The molecule has 0 aliphatic rings. The van der Waals surface area contributed by atoms with Crippen LogP contribution < -0.4 is 10.7 Å². The van der Waals surface area contributed by atoms with E-state index in [-0.39, 0.29) is 0 Å². The lowest BCUT2D eigenvalue weighted by Gasteiger charge is -1.99. The van der Waals surface area contributed by atoms with Crippen molar-refractivity contribution in [2.45, 2.75) is 6.92 Å². The summed E-state index contributed by atoms with van der Waals surface area (Å²) in [5.74, 6) is 5.92. The quantitative estimate of drug-likeness (QED) is 0.476. The first-order valence-corrected chi connectivity index (χ1v) is 5.33. The number of hydrogen-bond acceptors (Lipinski definition) is 4. The van der Waals surface area contributed by atoms with Gasteiger partial charge in [0.2, 0.25) is 0 Å². The van der Waals surface area contributed by atoms with Crippen molar-refractivity contribution in [1.29, 1.82) is 5.26 Å². The lowest BCUT2D eigenvalue weighted by atomic mass is 10.1. The molecule has 2 N–H and O–H groups in total. The number of nitriles is 1. The Morgan fingerprint density at radius 2 is 2.28 bits per heavy atom. The zero-order valence-corrected chi connectivity index (χ0v) is 10.4. The predicted molar refractivity (Wildman–Crippen MR) is 72.6 cm³/mol. The summed E-state index contributed by atoms with van der Waals surface area (Å²) in [6.07, 6.45) is 1.69. The van der Waals surface area contributed by atoms with E-state index in [0.29, 0.717) is 11.3 Å². The zero-order chi connectivity index (χ0) is 13.4. The molecule has 0 radical (unpaired) electrons. The largest absolute Gasteiger partial charge is 0.392 e. The molecule has 0 amide bonds. The first kappa shape index (κ1) is 13.3. The Bertz CT molecular complexity index is 568. The van der Waals surface area contributed by atoms with Crippen LogP contribution in [0.1, 0.15) is 16.7 Å². The minimum Gasteiger partial charge on any atom is -0.392 e. The van der Waals surface area contributed by atoms with Crippen LogP contribution >= 0.6 is 0 Å². The van der Waals surface area contributed by atoms with Crippen LogP contribution in [0.2, 0.25) is 0 Å². The van der Waals surface area contributed by atoms with Gasteiger partial charge in [0.1, 0.15) is 5.70 Å². The molecule has 1 aromatic rings. The topological polar surface area (TPSA) is 60.2 Å². The molecule has 0 atom stereocenters. The summed E-state index contributed by atoms with van der Waals surface area (Å²) < 4.78 is 0. The monoisotopic (exact) mass is 238 g/mol. The smallest absolute Gasteiger partial charge is 0.122 e. The average Bonchev–Trinajstić information content (AvgIpc) is 2.38. The van der Waals surface area contributed by atoms with Gasteiger partial charge in [-0.3, -0.25) is 5.43 Å². The Hall–Kier alpha value is -2.72. The Kier molecular flexibility index (Phi) is 5.02. The molecule has 0 aromatic heterocycles. The first-order valence-electron chi connectivity index (χ1n) is 5.33. The first-order chi connectivity index (χ1) is 8.71. The zero-order valence-electron chi connectivity index (χ0n) is 10.4. The Labute approximate surface area is 107 Å². The molecular weight excluding hydrogens is 224 g/mol. The van der Waals surface area contributed by atoms with Crippen LogP contribution in [0.15, 0.2) is 35.2 Å². The fraction of sp³-hybridized carbons (Fsp3) is 0.143. The number of hydrogen-bond donors (Lipinski definition) is 2. The second-order valence-corrected chi connectivity index (χ2v) is 3.51. The molecule has 0 heterocycles. The number of allylic oxidation sites excluding steroid dienone is 1. The SMILES string of the molecule is C=NN/C(C#Cc1cc(C#N)ccc1C)=C\NC. The Morgan fingerprint density at radius 3 is 2.89 bits per heavy atom. The molecule has 90 valence electrons. The molecule has 0 saturated heterocycles. The number of rotatable bonds is 3. The maximum atomic E-state index is 8.84. The molecule has 0 fully saturated rings. The van der Waals surface area contributed by atoms with Gasteiger partial charge in [-0.2, -0.15) is 10.4 Å². The fourth-order valence-corrected chi connectivity index (χ4v) is 1.29. The highest BCUT2D eigenvalue weighted by molar-refractivity contribution is 5.48. The summed E-state index contributed by atoms with van der Waals surface area (Å²) >= 11 is 0. The minimum absolute atomic E-state index is 0.596. The van der Waals surface area contributed by atoms with Crippen molar-refractivity contribution in [1.82, 2.24) is 10.7 Å². The maximum absolute atomic E-state index is 8.84. The summed E-state index contributed by atoms with van der Waals surface area (Å²) in [7, 11) is 1.77. The van der Waals surface area contributed by atoms with Crippen LogP contribution in [0.3, 0.4) is 0 Å². The summed E-state index contributed by atoms with van der Waals surface area (Å²) in [6, 6.07) is 7.51. The summed E-state index contributed by atoms with van der Waals surface area (Å²) in [6.45, 7) is 5.29. The lowest BCUT2D eigenvalue weighted by Crippen LogP contribution is -2.07. The molecule has 0 spiro atoms. The Balaban J connectivity index is 3.07. The molecule has 1 rings (SSSR count). The van der Waals surface area contributed by atoms with E-state index in [9.17, 15) is 0 Å². The standard InChI is InChI=1S/C14H14N4/c1-11-4-5-12(9-15)8-13(11)6-7-14(10-16-2)18-17-3/h4-5,8,10,16,18H,3H2,1-2H3/b14-10-. The highest BCUT2D eigenvalue weighted by atomic mass is 15.3. The van der Waals surface area contributed by atoms with Crippen LogP contribution in [0.5, 0.6) is 0 Å². The lowest BCUT2D eigenvalue weighted by molar-refractivity contribution is 0.912. The van der Waals surface area contributed by atoms with E-state index >= 15 is 0 Å². The molecular formula is C14H14N4. The van der Waals surface area contributed by atoms with Crippen molar-refractivity contribution in [2.75, 3.05) is 7.05 Å². The van der Waals surface area contributed by atoms with E-state index < -0.39 is 0 Å². The van der Waals surface area contributed by atoms with Crippen molar-refractivity contribution in [2.24, 2.45) is 5.10 Å². The van der Waals surface area contributed by atoms with E-state index in [4.69, 9.17) is 5.26 Å². The van der Waals surface area contributed by atoms with Gasteiger partial charge in [0, 0.05) is 25.5 Å². The summed E-state index contributed by atoms with van der Waals surface area (Å²) in [4.78, 5) is 0. The van der Waals surface area contributed by atoms with E-state index in [0.717, 1.165) is 11.1 Å². The molecule has 4 nitrogen and oxygen atoms in total. The molecule has 1 aromatic carbocycles. The molecule has 0 bridgehead atoms. The molecule has 0 unspecified atom stereocenters. The van der Waals surface area contributed by atoms with Crippen molar-refractivity contribution in [3.63, 3.8) is 0 Å². The van der Waals surface area contributed by atoms with E-state index in [2.05, 4.69) is 40.5 Å². The summed E-state index contributed by atoms with van der Waals surface area (Å²) in [5.41, 5.74) is 5.72. The van der Waals surface area contributed by atoms with Gasteiger partial charge in [0.05, 0.1) is 11.6 Å². The van der Waals surface area contributed by atoms with Gasteiger partial charge >= 0.3 is 0 Å². The number of benzene rings is 1. The van der Waals surface area contributed by atoms with Crippen LogP contribution in [0.25, 0.3) is 0 Å². The van der Waals surface area contributed by atoms with Gasteiger partial charge in [-0.15, -0.1) is 0 Å². The number of nitrogens with one attached hydrogen (secondary N) is 2. The third-order valence-electron chi connectivity index (χ3n) is 2.19. The number of nitrogens with zero attached hydrogens (tertiary/aromatic N) is 2. The molecule has 0 aliphatic carbocycles. The van der Waals surface area contributed by atoms with Crippen LogP contribution in [0, 0.1) is 30.1 Å². The van der Waals surface area contributed by atoms with Crippen molar-refractivity contribution < 1.29 is 0 Å². The average molecular weight is 238 g/mol. The van der Waals surface area contributed by atoms with E-state index in [1.54, 1.807) is 25.4 Å². The van der Waals surface area contributed by atoms with Crippen molar-refractivity contribution >= 4 is 6.72 Å². The van der Waals surface area contributed by atoms with Gasteiger partial charge in [0.25, 0.3) is 0 Å². The van der Waals surface area contributed by atoms with E-state index in [1.807, 2.05) is 13.0 Å².